The van der Waals surface area contributed by atoms with Gasteiger partial charge in [0.1, 0.15) is 11.6 Å². The molecule has 1 rings (SSSR count). The summed E-state index contributed by atoms with van der Waals surface area (Å²) in [5.41, 5.74) is 0.0675. The fraction of sp³-hybridized carbons (Fsp3) is 0.455. The molecule has 3 N–H and O–H groups in total. The maximum atomic E-state index is 13.2. The average molecular weight is 231 g/mol. The number of hydrogen-bond donors (Lipinski definition) is 3. The van der Waals surface area contributed by atoms with Crippen LogP contribution in [0.2, 0.25) is 0 Å². The van der Waals surface area contributed by atoms with Crippen LogP contribution in [-0.4, -0.2) is 29.9 Å². The van der Waals surface area contributed by atoms with Gasteiger partial charge in [-0.05, 0) is 19.0 Å². The number of rotatable bonds is 6. The van der Waals surface area contributed by atoms with Crippen molar-refractivity contribution in [1.29, 1.82) is 0 Å². The monoisotopic (exact) mass is 231 g/mol. The van der Waals surface area contributed by atoms with Crippen molar-refractivity contribution >= 4 is 0 Å². The molecule has 0 heterocycles. The van der Waals surface area contributed by atoms with Gasteiger partial charge >= 0.3 is 0 Å². The second-order valence-corrected chi connectivity index (χ2v) is 3.46. The summed E-state index contributed by atoms with van der Waals surface area (Å²) in [5, 5.41) is 21.0. The molecule has 0 aromatic heterocycles. The molecule has 1 aromatic carbocycles. The van der Waals surface area contributed by atoms with Crippen LogP contribution in [0.3, 0.4) is 0 Å². The summed E-state index contributed by atoms with van der Waals surface area (Å²) in [5.74, 6) is -1.42. The molecular formula is C11H15F2NO2. The summed E-state index contributed by atoms with van der Waals surface area (Å²) < 4.78 is 25.8. The Balaban J connectivity index is 2.49. The zero-order valence-electron chi connectivity index (χ0n) is 8.79. The van der Waals surface area contributed by atoms with E-state index in [9.17, 15) is 13.9 Å². The number of aliphatic hydroxyl groups is 2. The van der Waals surface area contributed by atoms with Gasteiger partial charge in [0.25, 0.3) is 0 Å². The van der Waals surface area contributed by atoms with Crippen LogP contribution < -0.4 is 5.32 Å². The molecule has 3 nitrogen and oxygen atoms in total. The fourth-order valence-electron chi connectivity index (χ4n) is 1.32. The van der Waals surface area contributed by atoms with Gasteiger partial charge in [-0.15, -0.1) is 0 Å². The largest absolute Gasteiger partial charge is 0.396 e. The first kappa shape index (κ1) is 13.0. The Morgan fingerprint density at radius 3 is 2.69 bits per heavy atom. The van der Waals surface area contributed by atoms with E-state index in [0.29, 0.717) is 13.0 Å². The zero-order chi connectivity index (χ0) is 12.0. The van der Waals surface area contributed by atoms with E-state index in [2.05, 4.69) is 5.32 Å². The van der Waals surface area contributed by atoms with E-state index in [1.807, 2.05) is 0 Å². The van der Waals surface area contributed by atoms with Crippen LogP contribution in [0.15, 0.2) is 18.2 Å². The Labute approximate surface area is 92.7 Å². The molecule has 0 fully saturated rings. The fourth-order valence-corrected chi connectivity index (χ4v) is 1.32. The van der Waals surface area contributed by atoms with Gasteiger partial charge in [0.05, 0.1) is 6.10 Å². The third-order valence-electron chi connectivity index (χ3n) is 2.17. The van der Waals surface area contributed by atoms with E-state index < -0.39 is 17.7 Å². The van der Waals surface area contributed by atoms with Crippen LogP contribution in [0.1, 0.15) is 18.1 Å². The summed E-state index contributed by atoms with van der Waals surface area (Å²) in [6.45, 7) is 0.771. The SMILES string of the molecule is OCCCNCC(O)c1ccc(F)cc1F. The summed E-state index contributed by atoms with van der Waals surface area (Å²) >= 11 is 0. The average Bonchev–Trinajstić information content (AvgIpc) is 2.24. The van der Waals surface area contributed by atoms with Crippen molar-refractivity contribution in [3.63, 3.8) is 0 Å². The van der Waals surface area contributed by atoms with Crippen LogP contribution in [0, 0.1) is 11.6 Å². The van der Waals surface area contributed by atoms with E-state index >= 15 is 0 Å². The summed E-state index contributed by atoms with van der Waals surface area (Å²) in [6.07, 6.45) is -0.446. The molecule has 16 heavy (non-hydrogen) atoms. The molecule has 90 valence electrons. The zero-order valence-corrected chi connectivity index (χ0v) is 8.79. The van der Waals surface area contributed by atoms with Crippen molar-refractivity contribution in [1.82, 2.24) is 5.32 Å². The first-order chi connectivity index (χ1) is 7.65. The highest BCUT2D eigenvalue weighted by Crippen LogP contribution is 2.17. The lowest BCUT2D eigenvalue weighted by atomic mass is 10.1. The lowest BCUT2D eigenvalue weighted by molar-refractivity contribution is 0.168. The van der Waals surface area contributed by atoms with Crippen molar-refractivity contribution in [3.05, 3.63) is 35.4 Å². The van der Waals surface area contributed by atoms with Crippen molar-refractivity contribution < 1.29 is 19.0 Å². The molecule has 0 aliphatic carbocycles. The summed E-state index contributed by atoms with van der Waals surface area (Å²) in [7, 11) is 0. The first-order valence-corrected chi connectivity index (χ1v) is 5.09. The van der Waals surface area contributed by atoms with Gasteiger partial charge in [-0.3, -0.25) is 0 Å². The second kappa shape index (κ2) is 6.52. The van der Waals surface area contributed by atoms with Crippen LogP contribution in [0.4, 0.5) is 8.78 Å². The van der Waals surface area contributed by atoms with Crippen LogP contribution >= 0.6 is 0 Å². The smallest absolute Gasteiger partial charge is 0.131 e. The molecular weight excluding hydrogens is 216 g/mol. The van der Waals surface area contributed by atoms with E-state index in [0.717, 1.165) is 12.1 Å². The maximum absolute atomic E-state index is 13.2. The Kier molecular flexibility index (Phi) is 5.31. The molecule has 1 atom stereocenters. The van der Waals surface area contributed by atoms with Gasteiger partial charge in [0.15, 0.2) is 0 Å². The van der Waals surface area contributed by atoms with Gasteiger partial charge in [0.2, 0.25) is 0 Å². The van der Waals surface area contributed by atoms with Gasteiger partial charge in [-0.1, -0.05) is 6.07 Å². The predicted molar refractivity (Wildman–Crippen MR) is 55.9 cm³/mol. The molecule has 0 radical (unpaired) electrons. The Hall–Kier alpha value is -1.04. The number of aliphatic hydroxyl groups excluding tert-OH is 2. The molecule has 0 bridgehead atoms. The number of hydrogen-bond acceptors (Lipinski definition) is 3. The molecule has 5 heteroatoms. The lowest BCUT2D eigenvalue weighted by Crippen LogP contribution is -2.23. The third kappa shape index (κ3) is 3.84. The van der Waals surface area contributed by atoms with Crippen LogP contribution in [-0.2, 0) is 0 Å². The van der Waals surface area contributed by atoms with Gasteiger partial charge in [0, 0.05) is 24.8 Å². The van der Waals surface area contributed by atoms with E-state index in [1.54, 1.807) is 0 Å². The molecule has 0 aliphatic rings. The minimum absolute atomic E-state index is 0.0635. The number of nitrogens with one attached hydrogen (secondary N) is 1. The first-order valence-electron chi connectivity index (χ1n) is 5.09. The normalized spacial score (nSPS) is 12.8. The van der Waals surface area contributed by atoms with Crippen molar-refractivity contribution in [2.24, 2.45) is 0 Å². The molecule has 0 saturated carbocycles. The standard InChI is InChI=1S/C11H15F2NO2/c12-8-2-3-9(10(13)6-8)11(16)7-14-4-1-5-15/h2-3,6,11,14-16H,1,4-5,7H2. The van der Waals surface area contributed by atoms with Crippen molar-refractivity contribution in [2.75, 3.05) is 19.7 Å². The lowest BCUT2D eigenvalue weighted by Gasteiger charge is -2.12. The molecule has 0 saturated heterocycles. The third-order valence-corrected chi connectivity index (χ3v) is 2.17. The van der Waals surface area contributed by atoms with Crippen molar-refractivity contribution in [2.45, 2.75) is 12.5 Å². The Morgan fingerprint density at radius 2 is 2.06 bits per heavy atom. The molecule has 0 spiro atoms. The maximum Gasteiger partial charge on any atom is 0.131 e. The van der Waals surface area contributed by atoms with Gasteiger partial charge in [-0.25, -0.2) is 8.78 Å². The van der Waals surface area contributed by atoms with Crippen LogP contribution in [0.25, 0.3) is 0 Å². The summed E-state index contributed by atoms with van der Waals surface area (Å²) in [4.78, 5) is 0. The van der Waals surface area contributed by atoms with Gasteiger partial charge < -0.3 is 15.5 Å². The second-order valence-electron chi connectivity index (χ2n) is 3.46. The minimum atomic E-state index is -1.01. The molecule has 1 aromatic rings. The van der Waals surface area contributed by atoms with E-state index in [-0.39, 0.29) is 18.7 Å². The van der Waals surface area contributed by atoms with Crippen LogP contribution in [0.5, 0.6) is 0 Å². The molecule has 0 aliphatic heterocycles. The molecule has 0 amide bonds. The van der Waals surface area contributed by atoms with E-state index in [4.69, 9.17) is 5.11 Å². The highest BCUT2D eigenvalue weighted by Gasteiger charge is 2.12. The highest BCUT2D eigenvalue weighted by atomic mass is 19.1. The molecule has 1 unspecified atom stereocenters. The van der Waals surface area contributed by atoms with Crippen molar-refractivity contribution in [3.8, 4) is 0 Å². The number of halogens is 2. The quantitative estimate of drug-likeness (QED) is 0.639. The minimum Gasteiger partial charge on any atom is -0.396 e. The Bertz CT molecular complexity index is 334. The topological polar surface area (TPSA) is 52.5 Å². The number of benzene rings is 1. The highest BCUT2D eigenvalue weighted by molar-refractivity contribution is 5.21. The van der Waals surface area contributed by atoms with Gasteiger partial charge in [-0.2, -0.15) is 0 Å². The predicted octanol–water partition coefficient (Wildman–Crippen LogP) is 0.970. The Morgan fingerprint density at radius 1 is 1.31 bits per heavy atom. The summed E-state index contributed by atoms with van der Waals surface area (Å²) in [6, 6.07) is 3.07. The van der Waals surface area contributed by atoms with E-state index in [1.165, 1.54) is 6.07 Å².